The van der Waals surface area contributed by atoms with Gasteiger partial charge in [-0.1, -0.05) is 22.4 Å². The maximum Gasteiger partial charge on any atom is 0.259 e. The van der Waals surface area contributed by atoms with Gasteiger partial charge in [-0.25, -0.2) is 9.02 Å². The number of methoxy groups -OCH3 is 1. The molecule has 0 unspecified atom stereocenters. The van der Waals surface area contributed by atoms with E-state index >= 15 is 0 Å². The van der Waals surface area contributed by atoms with E-state index in [0.29, 0.717) is 55.2 Å². The van der Waals surface area contributed by atoms with Gasteiger partial charge in [0, 0.05) is 51.4 Å². The number of aryl methyl sites for hydroxylation is 1. The molecular weight excluding hydrogens is 429 g/mol. The van der Waals surface area contributed by atoms with Gasteiger partial charge in [0.2, 0.25) is 0 Å². The van der Waals surface area contributed by atoms with Crippen molar-refractivity contribution in [1.29, 1.82) is 0 Å². The van der Waals surface area contributed by atoms with Crippen molar-refractivity contribution < 1.29 is 18.6 Å². The molecule has 1 amide bonds. The highest BCUT2D eigenvalue weighted by Gasteiger charge is 2.27. The Morgan fingerprint density at radius 3 is 2.64 bits per heavy atom. The molecular formula is C23H26FN5O4. The zero-order chi connectivity index (χ0) is 23.5. The number of fused-ring (bicyclic) bond motifs is 1. The molecule has 2 aromatic heterocycles. The topological polar surface area (TPSA) is 93.7 Å². The quantitative estimate of drug-likeness (QED) is 0.561. The lowest BCUT2D eigenvalue weighted by Crippen LogP contribution is -2.32. The van der Waals surface area contributed by atoms with E-state index in [4.69, 9.17) is 9.37 Å². The van der Waals surface area contributed by atoms with Gasteiger partial charge in [-0.3, -0.25) is 14.5 Å². The largest absolute Gasteiger partial charge is 0.496 e. The minimum absolute atomic E-state index is 0.207. The van der Waals surface area contributed by atoms with E-state index in [1.165, 1.54) is 30.2 Å². The number of amides is 1. The molecule has 174 valence electrons. The van der Waals surface area contributed by atoms with E-state index < -0.39 is 0 Å². The normalized spacial score (nSPS) is 13.9. The Labute approximate surface area is 190 Å². The molecule has 1 aliphatic rings. The molecule has 0 fully saturated rings. The highest BCUT2D eigenvalue weighted by atomic mass is 19.1. The zero-order valence-corrected chi connectivity index (χ0v) is 18.9. The molecule has 4 rings (SSSR count). The third-order valence-electron chi connectivity index (χ3n) is 5.92. The van der Waals surface area contributed by atoms with Crippen LogP contribution in [0.3, 0.4) is 0 Å². The zero-order valence-electron chi connectivity index (χ0n) is 18.9. The molecule has 0 aliphatic carbocycles. The monoisotopic (exact) mass is 455 g/mol. The van der Waals surface area contributed by atoms with Crippen molar-refractivity contribution in [3.05, 3.63) is 74.7 Å². The number of hydrogen-bond donors (Lipinski definition) is 0. The summed E-state index contributed by atoms with van der Waals surface area (Å²) in [6.45, 7) is 4.31. The first kappa shape index (κ1) is 22.7. The Morgan fingerprint density at radius 1 is 1.21 bits per heavy atom. The van der Waals surface area contributed by atoms with Crippen LogP contribution in [0.25, 0.3) is 0 Å². The van der Waals surface area contributed by atoms with E-state index in [1.807, 2.05) is 0 Å². The second-order valence-electron chi connectivity index (χ2n) is 8.13. The van der Waals surface area contributed by atoms with Crippen LogP contribution in [0, 0.1) is 12.7 Å². The first-order chi connectivity index (χ1) is 15.9. The number of aromatic nitrogens is 3. The number of pyridine rings is 1. The van der Waals surface area contributed by atoms with E-state index in [9.17, 15) is 14.0 Å². The molecule has 3 aromatic rings. The number of carbonyl (C=O) groups is 1. The Morgan fingerprint density at radius 2 is 1.97 bits per heavy atom. The van der Waals surface area contributed by atoms with Crippen molar-refractivity contribution in [1.82, 2.24) is 24.7 Å². The summed E-state index contributed by atoms with van der Waals surface area (Å²) in [7, 11) is 3.11. The SMILES string of the molecule is COc1cc(=O)n2c(c1C(=O)N(C)Cc1nonc1C)CCN(Cc1ccc(F)cc1)CC2. The molecule has 10 heteroatoms. The summed E-state index contributed by atoms with van der Waals surface area (Å²) in [5.74, 6) is -0.292. The van der Waals surface area contributed by atoms with Crippen molar-refractivity contribution in [3.63, 3.8) is 0 Å². The molecule has 0 saturated carbocycles. The van der Waals surface area contributed by atoms with Crippen LogP contribution < -0.4 is 10.3 Å². The average Bonchev–Trinajstić information content (AvgIpc) is 3.08. The van der Waals surface area contributed by atoms with E-state index in [-0.39, 0.29) is 29.6 Å². The maximum absolute atomic E-state index is 13.5. The van der Waals surface area contributed by atoms with E-state index in [1.54, 1.807) is 30.7 Å². The molecule has 33 heavy (non-hydrogen) atoms. The molecule has 0 radical (unpaired) electrons. The molecule has 1 aliphatic heterocycles. The summed E-state index contributed by atoms with van der Waals surface area (Å²) in [4.78, 5) is 30.0. The fraction of sp³-hybridized carbons (Fsp3) is 0.391. The Balaban J connectivity index is 1.61. The summed E-state index contributed by atoms with van der Waals surface area (Å²) in [5, 5.41) is 7.61. The average molecular weight is 455 g/mol. The van der Waals surface area contributed by atoms with Crippen molar-refractivity contribution in [3.8, 4) is 5.75 Å². The van der Waals surface area contributed by atoms with Gasteiger partial charge in [0.15, 0.2) is 0 Å². The minimum Gasteiger partial charge on any atom is -0.496 e. The van der Waals surface area contributed by atoms with Gasteiger partial charge in [-0.05, 0) is 24.6 Å². The van der Waals surface area contributed by atoms with Crippen LogP contribution in [0.5, 0.6) is 5.75 Å². The number of hydrogen-bond acceptors (Lipinski definition) is 7. The van der Waals surface area contributed by atoms with Crippen LogP contribution in [0.4, 0.5) is 4.39 Å². The van der Waals surface area contributed by atoms with Gasteiger partial charge in [-0.15, -0.1) is 0 Å². The second-order valence-corrected chi connectivity index (χ2v) is 8.13. The summed E-state index contributed by atoms with van der Waals surface area (Å²) < 4.78 is 25.1. The molecule has 0 N–H and O–H groups in total. The summed E-state index contributed by atoms with van der Waals surface area (Å²) in [6.07, 6.45) is 0.493. The Hall–Kier alpha value is -3.53. The number of ether oxygens (including phenoxy) is 1. The van der Waals surface area contributed by atoms with Crippen LogP contribution in [0.15, 0.2) is 39.8 Å². The van der Waals surface area contributed by atoms with Gasteiger partial charge in [0.05, 0.1) is 13.7 Å². The number of rotatable bonds is 6. The predicted octanol–water partition coefficient (Wildman–Crippen LogP) is 2.02. The van der Waals surface area contributed by atoms with Crippen LogP contribution in [-0.2, 0) is 26.1 Å². The standard InChI is InChI=1S/C23H26FN5O4/c1-15-18(26-33-25-15)14-27(2)23(31)22-19-8-9-28(13-16-4-6-17(24)7-5-16)10-11-29(19)21(30)12-20(22)32-3/h4-7,12H,8-11,13-14H2,1-3H3. The maximum atomic E-state index is 13.5. The lowest BCUT2D eigenvalue weighted by Gasteiger charge is -2.21. The van der Waals surface area contributed by atoms with Gasteiger partial charge < -0.3 is 14.2 Å². The van der Waals surface area contributed by atoms with Crippen molar-refractivity contribution >= 4 is 5.91 Å². The summed E-state index contributed by atoms with van der Waals surface area (Å²) in [6, 6.07) is 7.76. The third kappa shape index (κ3) is 4.80. The number of nitrogens with zero attached hydrogens (tertiary/aromatic N) is 5. The van der Waals surface area contributed by atoms with Gasteiger partial charge in [0.1, 0.15) is 28.5 Å². The molecule has 0 spiro atoms. The van der Waals surface area contributed by atoms with Gasteiger partial charge in [0.25, 0.3) is 11.5 Å². The number of carbonyl (C=O) groups excluding carboxylic acids is 1. The fourth-order valence-electron chi connectivity index (χ4n) is 4.07. The number of halogens is 1. The van der Waals surface area contributed by atoms with Gasteiger partial charge in [-0.2, -0.15) is 0 Å². The summed E-state index contributed by atoms with van der Waals surface area (Å²) >= 11 is 0. The van der Waals surface area contributed by atoms with Crippen LogP contribution in [0.1, 0.15) is 33.0 Å². The predicted molar refractivity (Wildman–Crippen MR) is 117 cm³/mol. The Kier molecular flexibility index (Phi) is 6.55. The Bertz CT molecular complexity index is 1200. The lowest BCUT2D eigenvalue weighted by molar-refractivity contribution is 0.0776. The van der Waals surface area contributed by atoms with Crippen LogP contribution in [-0.4, -0.2) is 57.8 Å². The highest BCUT2D eigenvalue weighted by molar-refractivity contribution is 5.98. The van der Waals surface area contributed by atoms with Crippen LogP contribution in [0.2, 0.25) is 0 Å². The minimum atomic E-state index is -0.274. The molecule has 3 heterocycles. The van der Waals surface area contributed by atoms with Crippen molar-refractivity contribution in [2.75, 3.05) is 27.2 Å². The number of benzene rings is 1. The highest BCUT2D eigenvalue weighted by Crippen LogP contribution is 2.25. The van der Waals surface area contributed by atoms with Crippen LogP contribution >= 0.6 is 0 Å². The fourth-order valence-corrected chi connectivity index (χ4v) is 4.07. The smallest absolute Gasteiger partial charge is 0.259 e. The van der Waals surface area contributed by atoms with Gasteiger partial charge >= 0.3 is 0 Å². The molecule has 9 nitrogen and oxygen atoms in total. The first-order valence-electron chi connectivity index (χ1n) is 10.7. The summed E-state index contributed by atoms with van der Waals surface area (Å²) in [5.41, 5.74) is 2.97. The molecule has 0 bridgehead atoms. The van der Waals surface area contributed by atoms with E-state index in [2.05, 4.69) is 15.2 Å². The third-order valence-corrected chi connectivity index (χ3v) is 5.92. The molecule has 1 aromatic carbocycles. The molecule has 0 saturated heterocycles. The van der Waals surface area contributed by atoms with Crippen molar-refractivity contribution in [2.45, 2.75) is 33.0 Å². The second kappa shape index (κ2) is 9.53. The van der Waals surface area contributed by atoms with Crippen molar-refractivity contribution in [2.24, 2.45) is 0 Å². The molecule has 0 atom stereocenters. The lowest BCUT2D eigenvalue weighted by atomic mass is 10.1. The van der Waals surface area contributed by atoms with E-state index in [0.717, 1.165) is 5.56 Å². The first-order valence-corrected chi connectivity index (χ1v) is 10.7.